The number of imidazole rings is 1. The number of nitrogens with two attached hydrogens (primary N) is 1. The minimum Gasteiger partial charge on any atom is -0.366 e. The van der Waals surface area contributed by atoms with E-state index in [2.05, 4.69) is 59.5 Å². The number of anilines is 2. The Bertz CT molecular complexity index is 1210. The van der Waals surface area contributed by atoms with Crippen LogP contribution in [0.4, 0.5) is 11.4 Å². The molecule has 0 bridgehead atoms. The summed E-state index contributed by atoms with van der Waals surface area (Å²) in [7, 11) is 2.19. The van der Waals surface area contributed by atoms with Crippen molar-refractivity contribution in [2.45, 2.75) is 26.2 Å². The van der Waals surface area contributed by atoms with Crippen molar-refractivity contribution < 1.29 is 4.79 Å². The van der Waals surface area contributed by atoms with Crippen LogP contribution in [0.25, 0.3) is 16.9 Å². The molecule has 2 aromatic carbocycles. The van der Waals surface area contributed by atoms with Crippen LogP contribution in [0, 0.1) is 0 Å². The number of aryl methyl sites for hydroxylation is 1. The predicted molar refractivity (Wildman–Crippen MR) is 135 cm³/mol. The third kappa shape index (κ3) is 5.41. The van der Waals surface area contributed by atoms with Crippen molar-refractivity contribution in [2.75, 3.05) is 25.5 Å². The van der Waals surface area contributed by atoms with Crippen molar-refractivity contribution in [1.29, 1.82) is 0 Å². The molecule has 170 valence electrons. The van der Waals surface area contributed by atoms with Crippen LogP contribution >= 0.6 is 0 Å². The van der Waals surface area contributed by atoms with Gasteiger partial charge in [0.2, 0.25) is 5.91 Å². The molecule has 0 saturated heterocycles. The van der Waals surface area contributed by atoms with Crippen LogP contribution in [0.2, 0.25) is 0 Å². The molecule has 6 nitrogen and oxygen atoms in total. The smallest absolute Gasteiger partial charge is 0.248 e. The van der Waals surface area contributed by atoms with Crippen molar-refractivity contribution in [3.05, 3.63) is 84.2 Å². The molecule has 0 unspecified atom stereocenters. The van der Waals surface area contributed by atoms with Gasteiger partial charge in [-0.1, -0.05) is 31.2 Å². The zero-order chi connectivity index (χ0) is 23.2. The van der Waals surface area contributed by atoms with Gasteiger partial charge in [-0.05, 0) is 86.9 Å². The summed E-state index contributed by atoms with van der Waals surface area (Å²) < 4.78 is 2.04. The number of rotatable bonds is 10. The fourth-order valence-electron chi connectivity index (χ4n) is 4.11. The van der Waals surface area contributed by atoms with Gasteiger partial charge in [0.25, 0.3) is 0 Å². The fraction of sp³-hybridized carbons (Fsp3) is 0.259. The standard InChI is InChI=1S/C27H31N5O/c1-3-17-31(2)18-4-5-20-6-12-23(13-7-20)30-24-14-15-25(32-19-16-29-27(24)32)21-8-10-22(11-9-21)26(28)33/h6-16,19,30H,3-5,17-18H2,1-2H3,(H2,28,33). The number of hydrogen-bond donors (Lipinski definition) is 2. The molecular weight excluding hydrogens is 410 g/mol. The maximum Gasteiger partial charge on any atom is 0.248 e. The molecule has 0 aliphatic rings. The van der Waals surface area contributed by atoms with Gasteiger partial charge in [-0.15, -0.1) is 0 Å². The highest BCUT2D eigenvalue weighted by Crippen LogP contribution is 2.28. The summed E-state index contributed by atoms with van der Waals surface area (Å²) in [6.07, 6.45) is 7.18. The van der Waals surface area contributed by atoms with Crippen LogP contribution in [0.3, 0.4) is 0 Å². The van der Waals surface area contributed by atoms with Gasteiger partial charge in [-0.25, -0.2) is 4.98 Å². The van der Waals surface area contributed by atoms with E-state index in [0.717, 1.165) is 47.8 Å². The van der Waals surface area contributed by atoms with E-state index in [1.807, 2.05) is 28.8 Å². The first kappa shape index (κ1) is 22.6. The van der Waals surface area contributed by atoms with Crippen LogP contribution in [-0.4, -0.2) is 40.3 Å². The van der Waals surface area contributed by atoms with E-state index in [1.165, 1.54) is 18.4 Å². The van der Waals surface area contributed by atoms with Gasteiger partial charge in [0.05, 0.1) is 11.4 Å². The minimum absolute atomic E-state index is 0.427. The first-order valence-electron chi connectivity index (χ1n) is 11.5. The molecule has 1 amide bonds. The van der Waals surface area contributed by atoms with E-state index >= 15 is 0 Å². The molecule has 2 aromatic heterocycles. The second-order valence-electron chi connectivity index (χ2n) is 8.42. The lowest BCUT2D eigenvalue weighted by molar-refractivity contribution is 0.100. The molecule has 6 heteroatoms. The third-order valence-corrected chi connectivity index (χ3v) is 5.86. The summed E-state index contributed by atoms with van der Waals surface area (Å²) in [6, 6.07) is 20.0. The second-order valence-corrected chi connectivity index (χ2v) is 8.42. The molecule has 4 rings (SSSR count). The number of carbonyl (C=O) groups excluding carboxylic acids is 1. The molecule has 0 fully saturated rings. The average molecular weight is 442 g/mol. The molecule has 33 heavy (non-hydrogen) atoms. The molecular formula is C27H31N5O. The minimum atomic E-state index is -0.427. The maximum atomic E-state index is 11.4. The molecule has 0 saturated carbocycles. The van der Waals surface area contributed by atoms with Crippen LogP contribution < -0.4 is 11.1 Å². The Hall–Kier alpha value is -3.64. The lowest BCUT2D eigenvalue weighted by atomic mass is 10.1. The quantitative estimate of drug-likeness (QED) is 0.358. The van der Waals surface area contributed by atoms with E-state index < -0.39 is 5.91 Å². The van der Waals surface area contributed by atoms with Crippen molar-refractivity contribution in [3.8, 4) is 11.3 Å². The zero-order valence-electron chi connectivity index (χ0n) is 19.3. The first-order valence-corrected chi connectivity index (χ1v) is 11.5. The number of carbonyl (C=O) groups is 1. The first-order chi connectivity index (χ1) is 16.0. The maximum absolute atomic E-state index is 11.4. The molecule has 3 N–H and O–H groups in total. The highest BCUT2D eigenvalue weighted by atomic mass is 16.1. The Morgan fingerprint density at radius 3 is 2.48 bits per heavy atom. The van der Waals surface area contributed by atoms with Crippen molar-refractivity contribution in [2.24, 2.45) is 5.73 Å². The summed E-state index contributed by atoms with van der Waals surface area (Å²) in [5, 5.41) is 3.50. The molecule has 0 aliphatic heterocycles. The van der Waals surface area contributed by atoms with E-state index in [9.17, 15) is 4.79 Å². The second kappa shape index (κ2) is 10.3. The molecule has 4 aromatic rings. The van der Waals surface area contributed by atoms with Crippen molar-refractivity contribution >= 4 is 22.9 Å². The molecule has 0 aliphatic carbocycles. The monoisotopic (exact) mass is 441 g/mol. The van der Waals surface area contributed by atoms with E-state index in [1.54, 1.807) is 18.3 Å². The molecule has 2 heterocycles. The predicted octanol–water partition coefficient (Wildman–Crippen LogP) is 5.12. The largest absolute Gasteiger partial charge is 0.366 e. The number of nitrogens with zero attached hydrogens (tertiary/aromatic N) is 3. The lowest BCUT2D eigenvalue weighted by Gasteiger charge is -2.15. The van der Waals surface area contributed by atoms with E-state index in [0.29, 0.717) is 5.56 Å². The van der Waals surface area contributed by atoms with Crippen LogP contribution in [0.1, 0.15) is 35.7 Å². The van der Waals surface area contributed by atoms with Gasteiger partial charge >= 0.3 is 0 Å². The highest BCUT2D eigenvalue weighted by molar-refractivity contribution is 5.93. The highest BCUT2D eigenvalue weighted by Gasteiger charge is 2.10. The number of benzene rings is 2. The number of primary amides is 1. The van der Waals surface area contributed by atoms with Gasteiger partial charge in [-0.3, -0.25) is 9.20 Å². The lowest BCUT2D eigenvalue weighted by Crippen LogP contribution is -2.20. The molecule has 0 spiro atoms. The van der Waals surface area contributed by atoms with Crippen LogP contribution in [0.15, 0.2) is 73.1 Å². The summed E-state index contributed by atoms with van der Waals surface area (Å²) in [5.41, 5.74) is 12.0. The summed E-state index contributed by atoms with van der Waals surface area (Å²) in [5.74, 6) is -0.427. The van der Waals surface area contributed by atoms with Crippen LogP contribution in [-0.2, 0) is 6.42 Å². The zero-order valence-corrected chi connectivity index (χ0v) is 19.3. The number of fused-ring (bicyclic) bond motifs is 1. The number of amides is 1. The van der Waals surface area contributed by atoms with Gasteiger partial charge in [0.1, 0.15) is 0 Å². The van der Waals surface area contributed by atoms with Crippen LogP contribution in [0.5, 0.6) is 0 Å². The summed E-state index contributed by atoms with van der Waals surface area (Å²) in [6.45, 7) is 4.50. The molecule has 0 atom stereocenters. The van der Waals surface area contributed by atoms with Gasteiger partial charge in [0, 0.05) is 23.6 Å². The Balaban J connectivity index is 1.47. The van der Waals surface area contributed by atoms with Gasteiger partial charge < -0.3 is 16.0 Å². The Morgan fingerprint density at radius 2 is 1.79 bits per heavy atom. The normalized spacial score (nSPS) is 11.2. The molecule has 0 radical (unpaired) electrons. The summed E-state index contributed by atoms with van der Waals surface area (Å²) >= 11 is 0. The van der Waals surface area contributed by atoms with Gasteiger partial charge in [0.15, 0.2) is 5.65 Å². The van der Waals surface area contributed by atoms with Gasteiger partial charge in [-0.2, -0.15) is 0 Å². The number of aromatic nitrogens is 2. The van der Waals surface area contributed by atoms with Crippen molar-refractivity contribution in [3.63, 3.8) is 0 Å². The Morgan fingerprint density at radius 1 is 1.03 bits per heavy atom. The topological polar surface area (TPSA) is 75.7 Å². The SMILES string of the molecule is CCCN(C)CCCc1ccc(Nc2ccc(-c3ccc(C(N)=O)cc3)n3ccnc23)cc1. The number of hydrogen-bond acceptors (Lipinski definition) is 4. The average Bonchev–Trinajstić information content (AvgIpc) is 3.31. The number of nitrogens with one attached hydrogen (secondary N) is 1. The van der Waals surface area contributed by atoms with E-state index in [4.69, 9.17) is 5.73 Å². The number of pyridine rings is 1. The van der Waals surface area contributed by atoms with Crippen molar-refractivity contribution in [1.82, 2.24) is 14.3 Å². The Labute approximate surface area is 195 Å². The fourth-order valence-corrected chi connectivity index (χ4v) is 4.11. The van der Waals surface area contributed by atoms with E-state index in [-0.39, 0.29) is 0 Å². The third-order valence-electron chi connectivity index (χ3n) is 5.86. The Kier molecular flexibility index (Phi) is 7.05. The summed E-state index contributed by atoms with van der Waals surface area (Å²) in [4.78, 5) is 18.3.